The van der Waals surface area contributed by atoms with Crippen LogP contribution in [0, 0.1) is 13.8 Å². The summed E-state index contributed by atoms with van der Waals surface area (Å²) < 4.78 is 32.6. The van der Waals surface area contributed by atoms with Gasteiger partial charge in [-0.05, 0) is 56.2 Å². The molecule has 0 saturated heterocycles. The summed E-state index contributed by atoms with van der Waals surface area (Å²) in [5.41, 5.74) is 2.27. The van der Waals surface area contributed by atoms with Crippen molar-refractivity contribution in [3.63, 3.8) is 0 Å². The van der Waals surface area contributed by atoms with Crippen LogP contribution in [-0.2, 0) is 14.8 Å². The fourth-order valence-electron chi connectivity index (χ4n) is 2.79. The van der Waals surface area contributed by atoms with E-state index in [-0.39, 0.29) is 10.8 Å². The van der Waals surface area contributed by atoms with E-state index in [1.54, 1.807) is 39.0 Å². The van der Waals surface area contributed by atoms with Gasteiger partial charge in [0, 0.05) is 18.8 Å². The lowest BCUT2D eigenvalue weighted by Crippen LogP contribution is -2.31. The van der Waals surface area contributed by atoms with Crippen LogP contribution in [0.4, 0.5) is 5.69 Å². The van der Waals surface area contributed by atoms with Gasteiger partial charge in [0.05, 0.1) is 4.90 Å². The molecule has 1 amide bonds. The van der Waals surface area contributed by atoms with Crippen LogP contribution < -0.4 is 10.1 Å². The zero-order valence-electron chi connectivity index (χ0n) is 17.0. The molecule has 0 aliphatic heterocycles. The van der Waals surface area contributed by atoms with Crippen LogP contribution in [0.25, 0.3) is 0 Å². The number of nitrogens with zero attached hydrogens (tertiary/aromatic N) is 1. The van der Waals surface area contributed by atoms with Crippen LogP contribution in [0.3, 0.4) is 0 Å². The second kappa shape index (κ2) is 9.21. The third-order valence-corrected chi connectivity index (χ3v) is 6.53. The Labute approximate surface area is 167 Å². The van der Waals surface area contributed by atoms with Crippen LogP contribution in [-0.4, -0.2) is 37.8 Å². The van der Waals surface area contributed by atoms with Crippen molar-refractivity contribution >= 4 is 21.6 Å². The van der Waals surface area contributed by atoms with E-state index in [9.17, 15) is 13.2 Å². The standard InChI is InChI=1S/C21H28N2O4S/c1-6-23(7-2)28(25,26)19-12-11-16(4)20(14-19)22-21(24)17(5)27-18-10-8-9-15(3)13-18/h8-14,17H,6-7H2,1-5H3,(H,22,24)/t17-/m1/s1. The highest BCUT2D eigenvalue weighted by atomic mass is 32.2. The molecule has 0 fully saturated rings. The molecular formula is C21H28N2O4S. The monoisotopic (exact) mass is 404 g/mol. The summed E-state index contributed by atoms with van der Waals surface area (Å²) in [6, 6.07) is 12.2. The molecule has 28 heavy (non-hydrogen) atoms. The van der Waals surface area contributed by atoms with Crippen LogP contribution in [0.2, 0.25) is 0 Å². The second-order valence-electron chi connectivity index (χ2n) is 6.63. The van der Waals surface area contributed by atoms with E-state index in [1.165, 1.54) is 10.4 Å². The predicted molar refractivity (Wildman–Crippen MR) is 111 cm³/mol. The zero-order valence-corrected chi connectivity index (χ0v) is 17.8. The van der Waals surface area contributed by atoms with Crippen molar-refractivity contribution < 1.29 is 17.9 Å². The molecule has 2 aromatic rings. The Hall–Kier alpha value is -2.38. The molecule has 0 aliphatic carbocycles. The maximum absolute atomic E-state index is 12.7. The Morgan fingerprint density at radius 3 is 2.39 bits per heavy atom. The molecule has 0 aromatic heterocycles. The summed E-state index contributed by atoms with van der Waals surface area (Å²) in [4.78, 5) is 12.7. The van der Waals surface area contributed by atoms with Gasteiger partial charge in [0.25, 0.3) is 5.91 Å². The molecule has 0 saturated carbocycles. The average molecular weight is 405 g/mol. The number of hydrogen-bond donors (Lipinski definition) is 1. The normalized spacial score (nSPS) is 12.6. The van der Waals surface area contributed by atoms with Gasteiger partial charge in [0.15, 0.2) is 6.10 Å². The molecule has 0 radical (unpaired) electrons. The van der Waals surface area contributed by atoms with Gasteiger partial charge in [-0.2, -0.15) is 4.31 Å². The molecule has 152 valence electrons. The minimum atomic E-state index is -3.60. The molecule has 1 N–H and O–H groups in total. The second-order valence-corrected chi connectivity index (χ2v) is 8.57. The predicted octanol–water partition coefficient (Wildman–Crippen LogP) is 3.74. The molecule has 2 aromatic carbocycles. The highest BCUT2D eigenvalue weighted by molar-refractivity contribution is 7.89. The van der Waals surface area contributed by atoms with Crippen molar-refractivity contribution in [3.05, 3.63) is 53.6 Å². The number of amides is 1. The Bertz CT molecular complexity index is 937. The molecular weight excluding hydrogens is 376 g/mol. The smallest absolute Gasteiger partial charge is 0.265 e. The molecule has 1 atom stereocenters. The first kappa shape index (κ1) is 21.9. The number of anilines is 1. The van der Waals surface area contributed by atoms with Crippen LogP contribution in [0.5, 0.6) is 5.75 Å². The van der Waals surface area contributed by atoms with Crippen molar-refractivity contribution in [2.75, 3.05) is 18.4 Å². The summed E-state index contributed by atoms with van der Waals surface area (Å²) >= 11 is 0. The largest absolute Gasteiger partial charge is 0.481 e. The van der Waals surface area contributed by atoms with E-state index < -0.39 is 16.1 Å². The first-order valence-corrected chi connectivity index (χ1v) is 10.8. The van der Waals surface area contributed by atoms with E-state index in [1.807, 2.05) is 32.0 Å². The number of ether oxygens (including phenoxy) is 1. The minimum Gasteiger partial charge on any atom is -0.481 e. The first-order chi connectivity index (χ1) is 13.2. The van der Waals surface area contributed by atoms with Crippen molar-refractivity contribution in [3.8, 4) is 5.75 Å². The molecule has 0 spiro atoms. The highest BCUT2D eigenvalue weighted by Gasteiger charge is 2.23. The van der Waals surface area contributed by atoms with E-state index in [2.05, 4.69) is 5.32 Å². The summed E-state index contributed by atoms with van der Waals surface area (Å²) in [5, 5.41) is 2.79. The van der Waals surface area contributed by atoms with Gasteiger partial charge in [-0.25, -0.2) is 8.42 Å². The molecule has 0 aliphatic rings. The lowest BCUT2D eigenvalue weighted by molar-refractivity contribution is -0.122. The van der Waals surface area contributed by atoms with Crippen LogP contribution in [0.15, 0.2) is 47.4 Å². The van der Waals surface area contributed by atoms with E-state index in [0.29, 0.717) is 24.5 Å². The number of carbonyl (C=O) groups excluding carboxylic acids is 1. The number of benzene rings is 2. The number of aryl methyl sites for hydroxylation is 2. The molecule has 2 rings (SSSR count). The van der Waals surface area contributed by atoms with Gasteiger partial charge in [-0.3, -0.25) is 4.79 Å². The van der Waals surface area contributed by atoms with Gasteiger partial charge >= 0.3 is 0 Å². The van der Waals surface area contributed by atoms with Gasteiger partial charge in [0.1, 0.15) is 5.75 Å². The number of hydrogen-bond acceptors (Lipinski definition) is 4. The molecule has 0 unspecified atom stereocenters. The first-order valence-electron chi connectivity index (χ1n) is 9.34. The minimum absolute atomic E-state index is 0.157. The number of carbonyl (C=O) groups is 1. The molecule has 0 heterocycles. The van der Waals surface area contributed by atoms with Crippen molar-refractivity contribution in [2.45, 2.75) is 45.6 Å². The van der Waals surface area contributed by atoms with Crippen LogP contribution in [0.1, 0.15) is 31.9 Å². The lowest BCUT2D eigenvalue weighted by Gasteiger charge is -2.20. The van der Waals surface area contributed by atoms with Crippen molar-refractivity contribution in [1.82, 2.24) is 4.31 Å². The van der Waals surface area contributed by atoms with E-state index >= 15 is 0 Å². The summed E-state index contributed by atoms with van der Waals surface area (Å²) in [7, 11) is -3.60. The third kappa shape index (κ3) is 5.11. The number of nitrogens with one attached hydrogen (secondary N) is 1. The zero-order chi connectivity index (χ0) is 20.9. The average Bonchev–Trinajstić information content (AvgIpc) is 2.64. The fourth-order valence-corrected chi connectivity index (χ4v) is 4.27. The topological polar surface area (TPSA) is 75.7 Å². The molecule has 7 heteroatoms. The Morgan fingerprint density at radius 2 is 1.79 bits per heavy atom. The summed E-state index contributed by atoms with van der Waals surface area (Å²) in [6.07, 6.45) is -0.732. The maximum Gasteiger partial charge on any atom is 0.265 e. The van der Waals surface area contributed by atoms with Gasteiger partial charge in [-0.15, -0.1) is 0 Å². The van der Waals surface area contributed by atoms with Gasteiger partial charge in [-0.1, -0.05) is 32.0 Å². The Balaban J connectivity index is 2.20. The lowest BCUT2D eigenvalue weighted by atomic mass is 10.2. The quantitative estimate of drug-likeness (QED) is 0.727. The number of sulfonamides is 1. The van der Waals surface area contributed by atoms with Gasteiger partial charge in [0.2, 0.25) is 10.0 Å². The van der Waals surface area contributed by atoms with Crippen LogP contribution >= 0.6 is 0 Å². The number of rotatable bonds is 8. The SMILES string of the molecule is CCN(CC)S(=O)(=O)c1ccc(C)c(NC(=O)[C@@H](C)Oc2cccc(C)c2)c1. The Kier molecular flexibility index (Phi) is 7.21. The molecule has 6 nitrogen and oxygen atoms in total. The maximum atomic E-state index is 12.7. The van der Waals surface area contributed by atoms with Gasteiger partial charge < -0.3 is 10.1 Å². The van der Waals surface area contributed by atoms with Crippen molar-refractivity contribution in [2.24, 2.45) is 0 Å². The van der Waals surface area contributed by atoms with E-state index in [4.69, 9.17) is 4.74 Å². The van der Waals surface area contributed by atoms with E-state index in [0.717, 1.165) is 11.1 Å². The third-order valence-electron chi connectivity index (χ3n) is 4.48. The summed E-state index contributed by atoms with van der Waals surface area (Å²) in [5.74, 6) is 0.263. The fraction of sp³-hybridized carbons (Fsp3) is 0.381. The highest BCUT2D eigenvalue weighted by Crippen LogP contribution is 2.23. The van der Waals surface area contributed by atoms with Crippen molar-refractivity contribution in [1.29, 1.82) is 0 Å². The summed E-state index contributed by atoms with van der Waals surface area (Å²) in [6.45, 7) is 9.78. The molecule has 0 bridgehead atoms. The Morgan fingerprint density at radius 1 is 1.11 bits per heavy atom.